The van der Waals surface area contributed by atoms with Crippen LogP contribution >= 0.6 is 0 Å². The summed E-state index contributed by atoms with van der Waals surface area (Å²) < 4.78 is 354. The molecule has 0 saturated heterocycles. The van der Waals surface area contributed by atoms with E-state index in [0.717, 1.165) is 168 Å². The van der Waals surface area contributed by atoms with Crippen molar-refractivity contribution in [3.8, 4) is 89.5 Å². The minimum Gasteiger partial charge on any atom is -0.455 e. The largest absolute Gasteiger partial charge is 0.455 e. The molecule has 0 N–H and O–H groups in total. The first-order chi connectivity index (χ1) is 82.3. The first kappa shape index (κ1) is 60.7. The van der Waals surface area contributed by atoms with Crippen LogP contribution < -0.4 is 18.3 Å². The number of hydrogen-bond acceptors (Lipinski definition) is 4. The number of aryl methyl sites for hydroxylation is 8. The average molecular weight is 1910 g/mol. The number of aromatic nitrogens is 4. The number of pyridine rings is 4. The third-order valence-electron chi connectivity index (χ3n) is 30.4. The van der Waals surface area contributed by atoms with Gasteiger partial charge in [0.2, 0.25) is 22.8 Å². The third-order valence-corrected chi connectivity index (χ3v) is 30.4. The zero-order valence-electron chi connectivity index (χ0n) is 121. The fraction of sp³-hybridized carbons (Fsp3) is 0.313. The number of fused-ring (bicyclic) bond motifs is 27. The summed E-state index contributed by atoms with van der Waals surface area (Å²) in [5, 5.41) is 6.16. The van der Waals surface area contributed by atoms with E-state index in [9.17, 15) is 8.22 Å². The first-order valence-electron chi connectivity index (χ1n) is 66.7. The van der Waals surface area contributed by atoms with E-state index in [4.69, 9.17) is 60.2 Å². The lowest BCUT2D eigenvalue weighted by Crippen LogP contribution is -2.37. The van der Waals surface area contributed by atoms with Crippen molar-refractivity contribution in [2.24, 2.45) is 51.8 Å². The normalized spacial score (nSPS) is 22.7. The summed E-state index contributed by atoms with van der Waals surface area (Å²) in [7, 11) is 7.73. The summed E-state index contributed by atoms with van der Waals surface area (Å²) in [6.07, 6.45) is 2.42. The summed E-state index contributed by atoms with van der Waals surface area (Å²) in [5.74, 6) is -17.1. The lowest BCUT2D eigenvalue weighted by molar-refractivity contribution is -0.660. The van der Waals surface area contributed by atoms with Crippen LogP contribution in [0.3, 0.4) is 0 Å². The Morgan fingerprint density at radius 3 is 1.08 bits per heavy atom. The maximum Gasteiger partial charge on any atom is 0.216 e. The smallest absolute Gasteiger partial charge is 0.216 e. The van der Waals surface area contributed by atoms with Crippen LogP contribution in [-0.4, -0.2) is 0 Å². The van der Waals surface area contributed by atoms with Gasteiger partial charge in [0, 0.05) is 181 Å². The summed E-state index contributed by atoms with van der Waals surface area (Å²) in [6.45, 7) is -2.58. The molecule has 0 aliphatic heterocycles. The molecule has 0 bridgehead atoms. The van der Waals surface area contributed by atoms with Crippen LogP contribution in [0, 0.1) is 51.3 Å². The van der Waals surface area contributed by atoms with Crippen molar-refractivity contribution in [3.05, 3.63) is 356 Å². The van der Waals surface area contributed by atoms with Crippen LogP contribution in [0.4, 0.5) is 0 Å². The van der Waals surface area contributed by atoms with Crippen molar-refractivity contribution >= 4 is 87.8 Å². The van der Waals surface area contributed by atoms with Gasteiger partial charge >= 0.3 is 0 Å². The lowest BCUT2D eigenvalue weighted by atomic mass is 9.63. The molecule has 0 amide bonds. The fourth-order valence-corrected chi connectivity index (χ4v) is 23.0. The second-order valence-electron chi connectivity index (χ2n) is 40.3. The number of nitrogens with zero attached hydrogens (tertiary/aromatic N) is 4. The molecule has 20 aromatic rings. The molecule has 8 heteroatoms. The summed E-state index contributed by atoms with van der Waals surface area (Å²) in [4.78, 5) is 0. The topological polar surface area (TPSA) is 68.1 Å². The molecule has 5 atom stereocenters. The Morgan fingerprint density at radius 2 is 0.648 bits per heavy atom. The molecule has 8 heterocycles. The molecule has 142 heavy (non-hydrogen) atoms. The highest BCUT2D eigenvalue weighted by Gasteiger charge is 2.51. The van der Waals surface area contributed by atoms with Crippen LogP contribution in [0.15, 0.2) is 285 Å². The molecular weight excluding hydrogens is 1730 g/mol. The maximum atomic E-state index is 9.73. The summed E-state index contributed by atoms with van der Waals surface area (Å²) in [6, 6.07) is 73.5. The predicted molar refractivity (Wildman–Crippen MR) is 593 cm³/mol. The summed E-state index contributed by atoms with van der Waals surface area (Å²) in [5.41, 5.74) is 17.5. The average Bonchev–Trinajstić information content (AvgIpc) is 1.46. The van der Waals surface area contributed by atoms with Crippen molar-refractivity contribution in [1.82, 2.24) is 0 Å². The van der Waals surface area contributed by atoms with Gasteiger partial charge < -0.3 is 17.7 Å². The van der Waals surface area contributed by atoms with Crippen molar-refractivity contribution in [3.63, 3.8) is 0 Å². The molecule has 716 valence electrons. The highest BCUT2D eigenvalue weighted by Crippen LogP contribution is 2.62. The molecule has 12 aromatic carbocycles. The Bertz CT molecular complexity index is 10200. The molecule has 4 aliphatic rings. The molecule has 0 saturated carbocycles. The van der Waals surface area contributed by atoms with Gasteiger partial charge in [0.05, 0.1) is 22.3 Å². The fourth-order valence-electron chi connectivity index (χ4n) is 23.0. The van der Waals surface area contributed by atoms with E-state index in [1.54, 1.807) is 52.0 Å². The van der Waals surface area contributed by atoms with E-state index in [2.05, 4.69) is 65.4 Å². The van der Waals surface area contributed by atoms with E-state index in [1.807, 2.05) is 245 Å². The molecule has 8 aromatic heterocycles. The Balaban J connectivity index is 0.000000136. The molecule has 5 unspecified atom stereocenters. The van der Waals surface area contributed by atoms with Crippen molar-refractivity contribution in [2.75, 3.05) is 0 Å². The summed E-state index contributed by atoms with van der Waals surface area (Å²) >= 11 is 0. The van der Waals surface area contributed by atoms with Gasteiger partial charge in [0.1, 0.15) is 72.9 Å². The van der Waals surface area contributed by atoms with Crippen molar-refractivity contribution in [1.29, 1.82) is 0 Å². The first-order valence-corrected chi connectivity index (χ1v) is 48.2. The Morgan fingerprint density at radius 1 is 0.296 bits per heavy atom. The van der Waals surface area contributed by atoms with E-state index in [0.29, 0.717) is 55.1 Å². The third kappa shape index (κ3) is 14.7. The highest BCUT2D eigenvalue weighted by molar-refractivity contribution is 6.18. The Hall–Kier alpha value is -13.6. The van der Waals surface area contributed by atoms with Crippen LogP contribution in [0.2, 0.25) is 0 Å². The number of hydrogen-bond donors (Lipinski definition) is 0. The Kier molecular flexibility index (Phi) is 15.1. The molecule has 0 radical (unpaired) electrons. The van der Waals surface area contributed by atoms with E-state index < -0.39 is 143 Å². The van der Waals surface area contributed by atoms with E-state index in [-0.39, 0.29) is 50.1 Å². The SMILES string of the molecule is [2H]C(C)(C)c1cc[n+](C)c(-c2c(C)ccc3c2oc2c4c(ccc23)-c2ccccc2C4(C)C([2H])([2H])[2H])c1.[2H]C(C)(C)c1cc[n+](C)c(-c2c(C)ccc3c2oc2c4c(ccc23)C(C([2H])(C)C([2H])([2H])[2H])(C([2H])(C([2H])([2H])[2H])C([2H])([2H])[2H])c2ccccc2-4)c1.[2H]C(C)(C)c1cc[n+](C)c(-c2c(C)ccc3c2oc2c4c(ccc23)C(CC([2H])(C([2H])([2H])[2H])C([2H])([2H])[2H])(C([2H])([2H])C([2H])(C([2H])([2H])[2H])C([2H])([2H])[2H])c2ccccc2-4)c1.[2H]C(C)(C)c1cc[n+](C)c(-c2c(C)ccc3c2oc2cc4c(cc23)C(C)(C([2H])([2H])[2H])c2ccccc2-4)c1. The van der Waals surface area contributed by atoms with Gasteiger partial charge in [0.25, 0.3) is 0 Å². The molecule has 8 nitrogen and oxygen atoms in total. The second kappa shape index (κ2) is 35.2. The quantitative estimate of drug-likeness (QED) is 0.102. The van der Waals surface area contributed by atoms with Gasteiger partial charge in [-0.05, 0) is 223 Å². The standard InChI is InChI=1S/C37H42NO.C35H38NO.2C31H30NO/c1-22(2)20-37(21-23(3)4)30-12-10-9-11-29(30)34-31(37)16-15-28-27-14-13-25(7)33(35(27)39-36(28)34)32-19-26(24(5)6)17-18-38(32)8;1-20(2)24-17-18-36(8)30(19-24)31-23(7)13-14-25-26-15-16-29-32(34(26)37-33(25)31)27-11-9-10-12-28(27)35(29,21(3)4)22(5)6;1-18(2)20-13-14-32(6)27(15-20)29-19(3)11-12-22-24-16-26-23(17-28(24)33-30(22)29)21-9-7-8-10-25(21)31(26,4)5;1-18(2)20-15-16-32(6)26(17-20)27-19(3)11-12-23-24-14-13-22-21-9-7-8-10-25(21)31(4,5)28(22)30(24)33-29(23)27/h9-19,22-24H,20-21H2,1-8H3;9-22H,1-8H3;2*7-18H,1-6H3/q4*+1/i1D3,2D3,3D3,4D3,20D2,22D,23D,24D;3D3,4D3,5D3,20D,21D,22D;2*4D3,18D. The second-order valence-corrected chi connectivity index (χ2v) is 40.3. The Labute approximate surface area is 892 Å². The van der Waals surface area contributed by atoms with Crippen LogP contribution in [0.5, 0.6) is 0 Å². The van der Waals surface area contributed by atoms with Crippen LogP contribution in [-0.2, 0) is 49.9 Å². The molecule has 0 spiro atoms. The monoisotopic (exact) mass is 1910 g/mol. The number of furan rings is 4. The molecular formula is C134H140N4O4+4. The minimum atomic E-state index is -4.00. The van der Waals surface area contributed by atoms with Gasteiger partial charge in [-0.25, -0.2) is 18.3 Å². The molecule has 0 fully saturated rings. The van der Waals surface area contributed by atoms with E-state index in [1.165, 1.54) is 48.5 Å². The zero-order chi connectivity index (χ0) is 132. The molecule has 4 aliphatic carbocycles. The van der Waals surface area contributed by atoms with Gasteiger partial charge in [-0.3, -0.25) is 0 Å². The zero-order valence-corrected chi connectivity index (χ0v) is 83.5. The van der Waals surface area contributed by atoms with Gasteiger partial charge in [-0.1, -0.05) is 314 Å². The van der Waals surface area contributed by atoms with E-state index >= 15 is 0 Å². The maximum absolute atomic E-state index is 9.73. The number of rotatable bonds is 14. The van der Waals surface area contributed by atoms with Crippen LogP contribution in [0.25, 0.3) is 177 Å². The van der Waals surface area contributed by atoms with Gasteiger partial charge in [0.15, 0.2) is 24.8 Å². The predicted octanol–water partition coefficient (Wildman–Crippen LogP) is 34.6. The van der Waals surface area contributed by atoms with Crippen molar-refractivity contribution in [2.45, 2.75) is 224 Å². The number of benzene rings is 12. The van der Waals surface area contributed by atoms with Crippen LogP contribution in [0.1, 0.15) is 314 Å². The minimum absolute atomic E-state index is 0.0398. The van der Waals surface area contributed by atoms with Gasteiger partial charge in [-0.15, -0.1) is 0 Å². The van der Waals surface area contributed by atoms with Crippen molar-refractivity contribution < 1.29 is 86.7 Å². The highest BCUT2D eigenvalue weighted by atomic mass is 16.3. The lowest BCUT2D eigenvalue weighted by Gasteiger charge is -2.40. The van der Waals surface area contributed by atoms with Gasteiger partial charge in [-0.2, -0.15) is 0 Å². The molecule has 24 rings (SSSR count).